The normalized spacial score (nSPS) is 10.6. The number of methoxy groups -OCH3 is 2. The first-order valence-corrected chi connectivity index (χ1v) is 8.91. The maximum absolute atomic E-state index is 11.4. The van der Waals surface area contributed by atoms with Gasteiger partial charge in [0.25, 0.3) is 5.89 Å². The fourth-order valence-electron chi connectivity index (χ4n) is 2.72. The Hall–Kier alpha value is -4.14. The molecule has 0 aliphatic carbocycles. The molecule has 2 aromatic heterocycles. The lowest BCUT2D eigenvalue weighted by molar-refractivity contribution is 0.0594. The van der Waals surface area contributed by atoms with Crippen molar-refractivity contribution in [2.45, 2.75) is 6.61 Å². The number of ether oxygens (including phenoxy) is 3. The van der Waals surface area contributed by atoms with Crippen LogP contribution < -0.4 is 9.47 Å². The van der Waals surface area contributed by atoms with Gasteiger partial charge < -0.3 is 23.2 Å². The van der Waals surface area contributed by atoms with Gasteiger partial charge in [-0.2, -0.15) is 4.98 Å². The van der Waals surface area contributed by atoms with Gasteiger partial charge in [0.1, 0.15) is 17.8 Å². The number of hydrogen-bond donors (Lipinski definition) is 0. The number of carbonyl (C=O) groups excluding carboxylic acids is 1. The standard InChI is InChI=1S/C21H17N3O6/c1-26-17-9-4-3-8-15(17)20-23-19(24-30-20)13-6-5-7-14(10-13)28-12-18-22-16(11-29-18)21(25)27-2/h3-11H,12H2,1-2H3. The summed E-state index contributed by atoms with van der Waals surface area (Å²) in [5.41, 5.74) is 1.50. The highest BCUT2D eigenvalue weighted by atomic mass is 16.5. The largest absolute Gasteiger partial charge is 0.496 e. The third-order valence-corrected chi connectivity index (χ3v) is 4.16. The Balaban J connectivity index is 1.49. The van der Waals surface area contributed by atoms with E-state index in [0.29, 0.717) is 34.3 Å². The second-order valence-corrected chi connectivity index (χ2v) is 6.06. The summed E-state index contributed by atoms with van der Waals surface area (Å²) in [6.07, 6.45) is 1.22. The molecule has 152 valence electrons. The molecule has 4 aromatic rings. The molecular weight excluding hydrogens is 390 g/mol. The summed E-state index contributed by atoms with van der Waals surface area (Å²) in [6.45, 7) is 0.0408. The lowest BCUT2D eigenvalue weighted by Gasteiger charge is -2.04. The third kappa shape index (κ3) is 4.00. The quantitative estimate of drug-likeness (QED) is 0.423. The Kier molecular flexibility index (Phi) is 5.42. The summed E-state index contributed by atoms with van der Waals surface area (Å²) < 4.78 is 26.2. The molecule has 0 aliphatic heterocycles. The molecule has 0 N–H and O–H groups in total. The number of carbonyl (C=O) groups is 1. The summed E-state index contributed by atoms with van der Waals surface area (Å²) in [6, 6.07) is 14.6. The van der Waals surface area contributed by atoms with Crippen LogP contribution in [-0.2, 0) is 11.3 Å². The van der Waals surface area contributed by atoms with Crippen molar-refractivity contribution in [3.8, 4) is 34.3 Å². The maximum Gasteiger partial charge on any atom is 0.360 e. The molecule has 0 saturated heterocycles. The molecule has 0 spiro atoms. The fourth-order valence-corrected chi connectivity index (χ4v) is 2.72. The zero-order chi connectivity index (χ0) is 20.9. The minimum absolute atomic E-state index is 0.0408. The summed E-state index contributed by atoms with van der Waals surface area (Å²) >= 11 is 0. The van der Waals surface area contributed by atoms with Gasteiger partial charge in [-0.15, -0.1) is 0 Å². The SMILES string of the molecule is COC(=O)c1coc(COc2cccc(-c3noc(-c4ccccc4OC)n3)c2)n1. The molecular formula is C21H17N3O6. The second kappa shape index (κ2) is 8.48. The Morgan fingerprint density at radius 1 is 1.07 bits per heavy atom. The minimum atomic E-state index is -0.574. The van der Waals surface area contributed by atoms with E-state index in [-0.39, 0.29) is 18.2 Å². The Bertz CT molecular complexity index is 1170. The van der Waals surface area contributed by atoms with Crippen molar-refractivity contribution in [3.05, 3.63) is 66.4 Å². The molecule has 2 aromatic carbocycles. The lowest BCUT2D eigenvalue weighted by atomic mass is 10.2. The van der Waals surface area contributed by atoms with Crippen molar-refractivity contribution in [2.75, 3.05) is 14.2 Å². The second-order valence-electron chi connectivity index (χ2n) is 6.06. The van der Waals surface area contributed by atoms with Gasteiger partial charge >= 0.3 is 5.97 Å². The van der Waals surface area contributed by atoms with Gasteiger partial charge in [0.15, 0.2) is 12.3 Å². The van der Waals surface area contributed by atoms with Crippen molar-refractivity contribution in [2.24, 2.45) is 0 Å². The number of oxazole rings is 1. The van der Waals surface area contributed by atoms with Crippen LogP contribution in [0.3, 0.4) is 0 Å². The first kappa shape index (κ1) is 19.2. The Labute approximate surface area is 171 Å². The molecule has 4 rings (SSSR count). The highest BCUT2D eigenvalue weighted by Crippen LogP contribution is 2.30. The van der Waals surface area contributed by atoms with Crippen LogP contribution in [0.25, 0.3) is 22.8 Å². The number of benzene rings is 2. The van der Waals surface area contributed by atoms with Gasteiger partial charge in [-0.3, -0.25) is 0 Å². The maximum atomic E-state index is 11.4. The molecule has 9 heteroatoms. The van der Waals surface area contributed by atoms with Crippen LogP contribution in [0.5, 0.6) is 11.5 Å². The summed E-state index contributed by atoms with van der Waals surface area (Å²) in [5, 5.41) is 4.05. The molecule has 0 aliphatic rings. The summed E-state index contributed by atoms with van der Waals surface area (Å²) in [7, 11) is 2.86. The van der Waals surface area contributed by atoms with Gasteiger partial charge in [-0.25, -0.2) is 9.78 Å². The molecule has 30 heavy (non-hydrogen) atoms. The van der Waals surface area contributed by atoms with E-state index >= 15 is 0 Å². The highest BCUT2D eigenvalue weighted by Gasteiger charge is 2.15. The van der Waals surface area contributed by atoms with Crippen LogP contribution in [0.15, 0.2) is 63.7 Å². The molecule has 0 atom stereocenters. The van der Waals surface area contributed by atoms with Crippen molar-refractivity contribution in [3.63, 3.8) is 0 Å². The van der Waals surface area contributed by atoms with E-state index in [1.165, 1.54) is 13.4 Å². The van der Waals surface area contributed by atoms with Crippen LogP contribution in [0.1, 0.15) is 16.4 Å². The van der Waals surface area contributed by atoms with E-state index in [9.17, 15) is 4.79 Å². The monoisotopic (exact) mass is 407 g/mol. The topological polar surface area (TPSA) is 110 Å². The number of hydrogen-bond acceptors (Lipinski definition) is 9. The predicted octanol–water partition coefficient (Wildman–Crippen LogP) is 3.77. The summed E-state index contributed by atoms with van der Waals surface area (Å²) in [4.78, 5) is 19.9. The predicted molar refractivity (Wildman–Crippen MR) is 104 cm³/mol. The van der Waals surface area contributed by atoms with E-state index in [0.717, 1.165) is 0 Å². The molecule has 0 fully saturated rings. The Morgan fingerprint density at radius 2 is 1.93 bits per heavy atom. The molecule has 0 bridgehead atoms. The van der Waals surface area contributed by atoms with Crippen LogP contribution in [0.4, 0.5) is 0 Å². The molecule has 0 saturated carbocycles. The minimum Gasteiger partial charge on any atom is -0.496 e. The van der Waals surface area contributed by atoms with E-state index < -0.39 is 5.97 Å². The molecule has 0 unspecified atom stereocenters. The van der Waals surface area contributed by atoms with Gasteiger partial charge in [0.05, 0.1) is 19.8 Å². The van der Waals surface area contributed by atoms with Gasteiger partial charge in [0, 0.05) is 5.56 Å². The van der Waals surface area contributed by atoms with E-state index in [1.54, 1.807) is 25.3 Å². The zero-order valence-electron chi connectivity index (χ0n) is 16.2. The average molecular weight is 407 g/mol. The van der Waals surface area contributed by atoms with Crippen LogP contribution in [0.2, 0.25) is 0 Å². The van der Waals surface area contributed by atoms with Crippen LogP contribution >= 0.6 is 0 Å². The van der Waals surface area contributed by atoms with Gasteiger partial charge in [-0.05, 0) is 24.3 Å². The van der Waals surface area contributed by atoms with E-state index in [2.05, 4.69) is 19.9 Å². The molecule has 9 nitrogen and oxygen atoms in total. The van der Waals surface area contributed by atoms with Crippen LogP contribution in [-0.4, -0.2) is 35.3 Å². The smallest absolute Gasteiger partial charge is 0.360 e. The number of rotatable bonds is 7. The average Bonchev–Trinajstić information content (AvgIpc) is 3.47. The van der Waals surface area contributed by atoms with Gasteiger partial charge in [-0.1, -0.05) is 29.4 Å². The first-order valence-electron chi connectivity index (χ1n) is 8.91. The lowest BCUT2D eigenvalue weighted by Crippen LogP contribution is -2.02. The van der Waals surface area contributed by atoms with E-state index in [4.69, 9.17) is 18.4 Å². The van der Waals surface area contributed by atoms with Crippen LogP contribution in [0, 0.1) is 0 Å². The van der Waals surface area contributed by atoms with Gasteiger partial charge in [0.2, 0.25) is 11.7 Å². The molecule has 2 heterocycles. The van der Waals surface area contributed by atoms with E-state index in [1.807, 2.05) is 30.3 Å². The molecule has 0 radical (unpaired) electrons. The number of nitrogens with zero attached hydrogens (tertiary/aromatic N) is 3. The van der Waals surface area contributed by atoms with Crippen molar-refractivity contribution in [1.82, 2.24) is 15.1 Å². The van der Waals surface area contributed by atoms with Crippen molar-refractivity contribution in [1.29, 1.82) is 0 Å². The highest BCUT2D eigenvalue weighted by molar-refractivity contribution is 5.86. The summed E-state index contributed by atoms with van der Waals surface area (Å²) in [5.74, 6) is 1.62. The fraction of sp³-hybridized carbons (Fsp3) is 0.143. The number of esters is 1. The zero-order valence-corrected chi connectivity index (χ0v) is 16.2. The van der Waals surface area contributed by atoms with Crippen molar-refractivity contribution >= 4 is 5.97 Å². The first-order chi connectivity index (χ1) is 14.7. The third-order valence-electron chi connectivity index (χ3n) is 4.16. The number of para-hydroxylation sites is 1. The Morgan fingerprint density at radius 3 is 2.77 bits per heavy atom. The number of aromatic nitrogens is 3. The molecule has 0 amide bonds. The van der Waals surface area contributed by atoms with Crippen molar-refractivity contribution < 1.29 is 27.9 Å².